The van der Waals surface area contributed by atoms with E-state index in [0.29, 0.717) is 11.1 Å². The highest BCUT2D eigenvalue weighted by molar-refractivity contribution is 9.10. The van der Waals surface area contributed by atoms with Gasteiger partial charge in [-0.25, -0.2) is 4.98 Å². The van der Waals surface area contributed by atoms with Crippen LogP contribution >= 0.6 is 15.9 Å². The Kier molecular flexibility index (Phi) is 3.06. The molecule has 5 heteroatoms. The van der Waals surface area contributed by atoms with E-state index in [1.54, 1.807) is 24.4 Å². The number of aromatic hydroxyl groups is 1. The molecule has 0 radical (unpaired) electrons. The fourth-order valence-electron chi connectivity index (χ4n) is 1.96. The maximum absolute atomic E-state index is 12.1. The normalized spacial score (nSPS) is 10.9. The highest BCUT2D eigenvalue weighted by Gasteiger charge is 2.16. The van der Waals surface area contributed by atoms with E-state index in [-0.39, 0.29) is 11.3 Å². The molecule has 0 fully saturated rings. The number of hydrogen-bond acceptors (Lipinski definition) is 4. The molecule has 0 saturated carbocycles. The van der Waals surface area contributed by atoms with Crippen LogP contribution < -0.4 is 5.43 Å². The van der Waals surface area contributed by atoms with E-state index in [0.717, 1.165) is 10.0 Å². The molecular weight excluding hydrogens is 322 g/mol. The topological polar surface area (TPSA) is 63.3 Å². The van der Waals surface area contributed by atoms with Crippen LogP contribution in [0.2, 0.25) is 0 Å². The van der Waals surface area contributed by atoms with Gasteiger partial charge in [-0.1, -0.05) is 15.9 Å². The lowest BCUT2D eigenvalue weighted by Gasteiger charge is -2.06. The quantitative estimate of drug-likeness (QED) is 0.739. The molecule has 100 valence electrons. The van der Waals surface area contributed by atoms with Gasteiger partial charge in [0, 0.05) is 16.2 Å². The molecule has 1 aromatic carbocycles. The number of halogens is 1. The predicted octanol–water partition coefficient (Wildman–Crippen LogP) is 3.63. The van der Waals surface area contributed by atoms with Crippen molar-refractivity contribution in [1.82, 2.24) is 4.98 Å². The summed E-state index contributed by atoms with van der Waals surface area (Å²) >= 11 is 3.34. The summed E-state index contributed by atoms with van der Waals surface area (Å²) in [5, 5.41) is 10.0. The minimum Gasteiger partial charge on any atom is -0.501 e. The molecule has 0 aliphatic rings. The van der Waals surface area contributed by atoms with Crippen molar-refractivity contribution in [2.24, 2.45) is 0 Å². The summed E-state index contributed by atoms with van der Waals surface area (Å²) in [7, 11) is 0. The second kappa shape index (κ2) is 4.76. The van der Waals surface area contributed by atoms with Gasteiger partial charge in [0.05, 0.1) is 0 Å². The smallest absolute Gasteiger partial charge is 0.253 e. The molecule has 2 heterocycles. The van der Waals surface area contributed by atoms with E-state index in [9.17, 15) is 9.90 Å². The van der Waals surface area contributed by atoms with Crippen LogP contribution in [0.15, 0.2) is 50.2 Å². The number of pyridine rings is 1. The number of aryl methyl sites for hydroxylation is 1. The SMILES string of the molecule is Cc1cnc2c(=O)c(O)c(-c3ccc(Br)cc3)oc2c1. The average molecular weight is 332 g/mol. The molecule has 3 rings (SSSR count). The summed E-state index contributed by atoms with van der Waals surface area (Å²) in [6.45, 7) is 1.86. The number of rotatable bonds is 1. The lowest BCUT2D eigenvalue weighted by atomic mass is 10.1. The average Bonchev–Trinajstić information content (AvgIpc) is 2.44. The van der Waals surface area contributed by atoms with E-state index in [1.165, 1.54) is 0 Å². The van der Waals surface area contributed by atoms with Crippen molar-refractivity contribution < 1.29 is 9.52 Å². The Balaban J connectivity index is 2.33. The Hall–Kier alpha value is -2.14. The molecule has 0 unspecified atom stereocenters. The first-order valence-corrected chi connectivity index (χ1v) is 6.74. The van der Waals surface area contributed by atoms with Crippen LogP contribution in [-0.2, 0) is 0 Å². The van der Waals surface area contributed by atoms with Crippen LogP contribution in [0.1, 0.15) is 5.56 Å². The lowest BCUT2D eigenvalue weighted by molar-refractivity contribution is 0.448. The lowest BCUT2D eigenvalue weighted by Crippen LogP contribution is -2.04. The molecule has 3 aromatic rings. The third-order valence-electron chi connectivity index (χ3n) is 2.95. The fraction of sp³-hybridized carbons (Fsp3) is 0.0667. The molecule has 0 bridgehead atoms. The van der Waals surface area contributed by atoms with Gasteiger partial charge in [-0.05, 0) is 42.8 Å². The number of nitrogens with zero attached hydrogens (tertiary/aromatic N) is 1. The second-order valence-electron chi connectivity index (χ2n) is 4.48. The molecule has 0 spiro atoms. The highest BCUT2D eigenvalue weighted by atomic mass is 79.9. The first-order valence-electron chi connectivity index (χ1n) is 5.94. The maximum Gasteiger partial charge on any atom is 0.253 e. The number of benzene rings is 1. The van der Waals surface area contributed by atoms with E-state index < -0.39 is 11.2 Å². The largest absolute Gasteiger partial charge is 0.501 e. The van der Waals surface area contributed by atoms with Gasteiger partial charge in [0.15, 0.2) is 16.9 Å². The van der Waals surface area contributed by atoms with Crippen molar-refractivity contribution in [2.75, 3.05) is 0 Å². The minimum atomic E-state index is -0.524. The van der Waals surface area contributed by atoms with Crippen LogP contribution in [0.4, 0.5) is 0 Å². The molecule has 0 saturated heterocycles. The van der Waals surface area contributed by atoms with Crippen LogP contribution in [0, 0.1) is 6.92 Å². The summed E-state index contributed by atoms with van der Waals surface area (Å²) in [5.74, 6) is -0.265. The maximum atomic E-state index is 12.1. The van der Waals surface area contributed by atoms with Crippen molar-refractivity contribution in [2.45, 2.75) is 6.92 Å². The molecule has 0 aliphatic heterocycles. The van der Waals surface area contributed by atoms with Gasteiger partial charge in [0.25, 0.3) is 5.43 Å². The minimum absolute atomic E-state index is 0.133. The number of aromatic nitrogens is 1. The summed E-state index contributed by atoms with van der Waals surface area (Å²) in [6.07, 6.45) is 1.57. The van der Waals surface area contributed by atoms with Gasteiger partial charge in [0.2, 0.25) is 5.75 Å². The molecule has 0 aliphatic carbocycles. The van der Waals surface area contributed by atoms with Crippen LogP contribution in [0.5, 0.6) is 5.75 Å². The van der Waals surface area contributed by atoms with E-state index in [4.69, 9.17) is 4.42 Å². The third kappa shape index (κ3) is 2.10. The van der Waals surface area contributed by atoms with Crippen molar-refractivity contribution in [3.8, 4) is 17.1 Å². The van der Waals surface area contributed by atoms with Gasteiger partial charge < -0.3 is 9.52 Å². The summed E-state index contributed by atoms with van der Waals surface area (Å²) < 4.78 is 6.56. The van der Waals surface area contributed by atoms with Crippen LogP contribution in [0.25, 0.3) is 22.4 Å². The molecule has 4 nitrogen and oxygen atoms in total. The highest BCUT2D eigenvalue weighted by Crippen LogP contribution is 2.30. The standard InChI is InChI=1S/C15H10BrNO3/c1-8-6-11-12(17-7-8)13(18)14(19)15(20-11)9-2-4-10(16)5-3-9/h2-7,19H,1H3. The first-order chi connectivity index (χ1) is 9.56. The molecule has 0 atom stereocenters. The van der Waals surface area contributed by atoms with Crippen molar-refractivity contribution in [1.29, 1.82) is 0 Å². The first kappa shape index (κ1) is 12.9. The molecule has 20 heavy (non-hydrogen) atoms. The summed E-state index contributed by atoms with van der Waals surface area (Å²) in [4.78, 5) is 16.1. The Morgan fingerprint density at radius 2 is 1.95 bits per heavy atom. The van der Waals surface area contributed by atoms with Gasteiger partial charge in [-0.2, -0.15) is 0 Å². The summed E-state index contributed by atoms with van der Waals surface area (Å²) in [6, 6.07) is 8.88. The van der Waals surface area contributed by atoms with E-state index in [1.807, 2.05) is 19.1 Å². The second-order valence-corrected chi connectivity index (χ2v) is 5.39. The van der Waals surface area contributed by atoms with Gasteiger partial charge in [-0.3, -0.25) is 4.79 Å². The Bertz CT molecular complexity index is 853. The molecule has 2 aromatic heterocycles. The Labute approximate surface area is 122 Å². The zero-order valence-electron chi connectivity index (χ0n) is 10.6. The van der Waals surface area contributed by atoms with Crippen molar-refractivity contribution >= 4 is 27.0 Å². The Morgan fingerprint density at radius 1 is 1.25 bits per heavy atom. The van der Waals surface area contributed by atoms with Crippen LogP contribution in [0.3, 0.4) is 0 Å². The molecule has 0 amide bonds. The number of hydrogen-bond donors (Lipinski definition) is 1. The van der Waals surface area contributed by atoms with Crippen molar-refractivity contribution in [3.63, 3.8) is 0 Å². The van der Waals surface area contributed by atoms with Gasteiger partial charge in [-0.15, -0.1) is 0 Å². The monoisotopic (exact) mass is 331 g/mol. The van der Waals surface area contributed by atoms with E-state index >= 15 is 0 Å². The van der Waals surface area contributed by atoms with Crippen LogP contribution in [-0.4, -0.2) is 10.1 Å². The zero-order chi connectivity index (χ0) is 14.3. The number of fused-ring (bicyclic) bond motifs is 1. The fourth-order valence-corrected chi connectivity index (χ4v) is 2.23. The van der Waals surface area contributed by atoms with Gasteiger partial charge in [0.1, 0.15) is 0 Å². The molecule has 1 N–H and O–H groups in total. The van der Waals surface area contributed by atoms with Crippen molar-refractivity contribution in [3.05, 3.63) is 56.8 Å². The molecular formula is C15H10BrNO3. The van der Waals surface area contributed by atoms with Gasteiger partial charge >= 0.3 is 0 Å². The predicted molar refractivity (Wildman–Crippen MR) is 79.8 cm³/mol. The third-order valence-corrected chi connectivity index (χ3v) is 3.48. The Morgan fingerprint density at radius 3 is 2.65 bits per heavy atom. The van der Waals surface area contributed by atoms with E-state index in [2.05, 4.69) is 20.9 Å². The zero-order valence-corrected chi connectivity index (χ0v) is 12.1. The summed E-state index contributed by atoms with van der Waals surface area (Å²) in [5.41, 5.74) is 1.49.